The van der Waals surface area contributed by atoms with Gasteiger partial charge in [0.1, 0.15) is 4.88 Å². The first-order valence-electron chi connectivity index (χ1n) is 7.43. The van der Waals surface area contributed by atoms with Crippen LogP contribution in [0, 0.1) is 6.92 Å². The highest BCUT2D eigenvalue weighted by Crippen LogP contribution is 2.33. The molecule has 0 saturated carbocycles. The third kappa shape index (κ3) is 3.62. The maximum absolute atomic E-state index is 12.7. The molecule has 0 aliphatic heterocycles. The van der Waals surface area contributed by atoms with Gasteiger partial charge in [-0.3, -0.25) is 4.98 Å². The highest BCUT2D eigenvalue weighted by atomic mass is 32.2. The monoisotopic (exact) mass is 373 g/mol. The second-order valence-corrected chi connectivity index (χ2v) is 8.55. The van der Waals surface area contributed by atoms with Gasteiger partial charge in [0, 0.05) is 22.8 Å². The number of carbonyl (C=O) groups is 1. The summed E-state index contributed by atoms with van der Waals surface area (Å²) in [6.45, 7) is 1.72. The minimum absolute atomic E-state index is 0.0380. The van der Waals surface area contributed by atoms with E-state index in [-0.39, 0.29) is 15.5 Å². The summed E-state index contributed by atoms with van der Waals surface area (Å²) in [5.74, 6) is -1.48. The second-order valence-electron chi connectivity index (χ2n) is 5.54. The Morgan fingerprint density at radius 2 is 1.96 bits per heavy atom. The van der Waals surface area contributed by atoms with E-state index >= 15 is 0 Å². The minimum Gasteiger partial charge on any atom is -0.477 e. The van der Waals surface area contributed by atoms with Crippen LogP contribution in [-0.4, -0.2) is 24.5 Å². The van der Waals surface area contributed by atoms with Crippen LogP contribution in [0.25, 0.3) is 10.4 Å². The molecule has 2 heterocycles. The van der Waals surface area contributed by atoms with Crippen LogP contribution in [0.4, 0.5) is 0 Å². The Morgan fingerprint density at radius 1 is 1.20 bits per heavy atom. The van der Waals surface area contributed by atoms with Crippen molar-refractivity contribution in [2.24, 2.45) is 0 Å². The fraction of sp³-hybridized carbons (Fsp3) is 0.111. The lowest BCUT2D eigenvalue weighted by atomic mass is 10.2. The van der Waals surface area contributed by atoms with Crippen LogP contribution in [0.3, 0.4) is 0 Å². The molecule has 0 atom stereocenters. The average Bonchev–Trinajstić information content (AvgIpc) is 2.99. The van der Waals surface area contributed by atoms with E-state index in [1.807, 2.05) is 6.07 Å². The van der Waals surface area contributed by atoms with E-state index in [9.17, 15) is 18.3 Å². The van der Waals surface area contributed by atoms with E-state index < -0.39 is 15.8 Å². The highest BCUT2D eigenvalue weighted by Gasteiger charge is 2.24. The van der Waals surface area contributed by atoms with Crippen molar-refractivity contribution in [2.75, 3.05) is 0 Å². The molecule has 0 unspecified atom stereocenters. The number of hydrogen-bond donors (Lipinski definition) is 1. The van der Waals surface area contributed by atoms with Gasteiger partial charge in [0.15, 0.2) is 9.84 Å². The summed E-state index contributed by atoms with van der Waals surface area (Å²) in [7, 11) is -3.64. The number of nitrogens with zero attached hydrogens (tertiary/aromatic N) is 1. The lowest BCUT2D eigenvalue weighted by Gasteiger charge is -2.07. The molecule has 128 valence electrons. The largest absolute Gasteiger partial charge is 0.477 e. The van der Waals surface area contributed by atoms with Crippen molar-refractivity contribution in [3.05, 3.63) is 70.9 Å². The molecule has 0 aliphatic rings. The molecule has 0 spiro atoms. The number of aromatic carboxylic acids is 1. The zero-order chi connectivity index (χ0) is 18.0. The van der Waals surface area contributed by atoms with Gasteiger partial charge in [-0.05, 0) is 36.2 Å². The smallest absolute Gasteiger partial charge is 0.346 e. The molecule has 2 aromatic heterocycles. The van der Waals surface area contributed by atoms with E-state index in [0.29, 0.717) is 16.0 Å². The van der Waals surface area contributed by atoms with Crippen LogP contribution in [0.5, 0.6) is 0 Å². The van der Waals surface area contributed by atoms with Crippen LogP contribution in [-0.2, 0) is 15.6 Å². The van der Waals surface area contributed by atoms with Crippen molar-refractivity contribution in [2.45, 2.75) is 17.6 Å². The maximum Gasteiger partial charge on any atom is 0.346 e. The molecule has 1 aromatic carbocycles. The van der Waals surface area contributed by atoms with E-state index in [1.165, 1.54) is 0 Å². The van der Waals surface area contributed by atoms with Gasteiger partial charge in [0.05, 0.1) is 10.6 Å². The van der Waals surface area contributed by atoms with E-state index in [4.69, 9.17) is 0 Å². The van der Waals surface area contributed by atoms with Gasteiger partial charge in [0.25, 0.3) is 0 Å². The number of carboxylic acids is 1. The maximum atomic E-state index is 12.7. The van der Waals surface area contributed by atoms with Gasteiger partial charge in [-0.2, -0.15) is 0 Å². The Labute approximate surface area is 149 Å². The van der Waals surface area contributed by atoms with Gasteiger partial charge in [-0.15, -0.1) is 11.3 Å². The number of thiophene rings is 1. The Morgan fingerprint density at radius 3 is 2.60 bits per heavy atom. The molecule has 0 bridgehead atoms. The summed E-state index contributed by atoms with van der Waals surface area (Å²) >= 11 is 1.06. The molecule has 0 radical (unpaired) electrons. The molecule has 3 rings (SSSR count). The number of carboxylic acid groups (broad SMARTS) is 1. The number of benzene rings is 1. The summed E-state index contributed by atoms with van der Waals surface area (Å²) in [6.07, 6.45) is 3.25. The highest BCUT2D eigenvalue weighted by molar-refractivity contribution is 7.90. The average molecular weight is 373 g/mol. The molecule has 0 saturated heterocycles. The summed E-state index contributed by atoms with van der Waals surface area (Å²) < 4.78 is 25.5. The van der Waals surface area contributed by atoms with Gasteiger partial charge < -0.3 is 5.11 Å². The third-order valence-corrected chi connectivity index (χ3v) is 6.76. The van der Waals surface area contributed by atoms with E-state index in [1.54, 1.807) is 55.7 Å². The quantitative estimate of drug-likeness (QED) is 0.735. The number of sulfone groups is 1. The summed E-state index contributed by atoms with van der Waals surface area (Å²) in [6, 6.07) is 11.9. The SMILES string of the molecule is Cc1ccccc1S(=O)(=O)Cc1cc(-c2cccnc2)sc1C(=O)O. The number of hydrogen-bond acceptors (Lipinski definition) is 5. The molecule has 3 aromatic rings. The van der Waals surface area contributed by atoms with Gasteiger partial charge in [0.2, 0.25) is 0 Å². The number of pyridine rings is 1. The fourth-order valence-electron chi connectivity index (χ4n) is 2.56. The lowest BCUT2D eigenvalue weighted by molar-refractivity contribution is 0.0701. The minimum atomic E-state index is -3.64. The normalized spacial score (nSPS) is 11.4. The zero-order valence-electron chi connectivity index (χ0n) is 13.3. The van der Waals surface area contributed by atoms with Crippen LogP contribution in [0.1, 0.15) is 20.8 Å². The van der Waals surface area contributed by atoms with Crippen LogP contribution >= 0.6 is 11.3 Å². The molecule has 0 fully saturated rings. The fourth-order valence-corrected chi connectivity index (χ4v) is 5.29. The van der Waals surface area contributed by atoms with E-state index in [2.05, 4.69) is 4.98 Å². The summed E-state index contributed by atoms with van der Waals surface area (Å²) in [4.78, 5) is 16.5. The molecule has 5 nitrogen and oxygen atoms in total. The number of aryl methyl sites for hydroxylation is 1. The molecular weight excluding hydrogens is 358 g/mol. The van der Waals surface area contributed by atoms with Crippen molar-refractivity contribution in [3.63, 3.8) is 0 Å². The van der Waals surface area contributed by atoms with Crippen molar-refractivity contribution < 1.29 is 18.3 Å². The Kier molecular flexibility index (Phi) is 4.69. The first kappa shape index (κ1) is 17.3. The Hall–Kier alpha value is -2.51. The van der Waals surface area contributed by atoms with Crippen LogP contribution in [0.15, 0.2) is 59.8 Å². The van der Waals surface area contributed by atoms with Crippen molar-refractivity contribution in [1.82, 2.24) is 4.98 Å². The second kappa shape index (κ2) is 6.78. The molecule has 7 heteroatoms. The lowest BCUT2D eigenvalue weighted by Crippen LogP contribution is -2.08. The van der Waals surface area contributed by atoms with Crippen molar-refractivity contribution in [3.8, 4) is 10.4 Å². The van der Waals surface area contributed by atoms with Gasteiger partial charge in [-0.25, -0.2) is 13.2 Å². The molecule has 0 amide bonds. The zero-order valence-corrected chi connectivity index (χ0v) is 15.0. The Bertz CT molecular complexity index is 1020. The predicted octanol–water partition coefficient (Wildman–Crippen LogP) is 3.79. The molecule has 25 heavy (non-hydrogen) atoms. The van der Waals surface area contributed by atoms with Crippen LogP contribution < -0.4 is 0 Å². The summed E-state index contributed by atoms with van der Waals surface area (Å²) in [5.41, 5.74) is 1.69. The van der Waals surface area contributed by atoms with Crippen molar-refractivity contribution in [1.29, 1.82) is 0 Å². The van der Waals surface area contributed by atoms with Gasteiger partial charge in [-0.1, -0.05) is 24.3 Å². The standard InChI is InChI=1S/C18H15NO4S2/c1-12-5-2-3-7-16(12)25(22,23)11-14-9-15(24-17(14)18(20)21)13-6-4-8-19-10-13/h2-10H,11H2,1H3,(H,20,21). The summed E-state index contributed by atoms with van der Waals surface area (Å²) in [5, 5.41) is 9.45. The Balaban J connectivity index is 2.04. The number of rotatable bonds is 5. The predicted molar refractivity (Wildman–Crippen MR) is 96.6 cm³/mol. The first-order chi connectivity index (χ1) is 11.9. The molecule has 0 aliphatic carbocycles. The molecule has 1 N–H and O–H groups in total. The first-order valence-corrected chi connectivity index (χ1v) is 9.90. The van der Waals surface area contributed by atoms with Crippen molar-refractivity contribution >= 4 is 27.1 Å². The van der Waals surface area contributed by atoms with E-state index in [0.717, 1.165) is 16.9 Å². The van der Waals surface area contributed by atoms with Gasteiger partial charge >= 0.3 is 5.97 Å². The topological polar surface area (TPSA) is 84.3 Å². The third-order valence-electron chi connectivity index (χ3n) is 3.72. The van der Waals surface area contributed by atoms with Crippen LogP contribution in [0.2, 0.25) is 0 Å². The molecular formula is C18H15NO4S2. The number of aromatic nitrogens is 1.